The summed E-state index contributed by atoms with van der Waals surface area (Å²) in [5, 5.41) is 2.87. The zero-order valence-corrected chi connectivity index (χ0v) is 18.2. The third-order valence-electron chi connectivity index (χ3n) is 5.18. The maximum Gasteiger partial charge on any atom is 0.244 e. The van der Waals surface area contributed by atoms with E-state index in [1.807, 2.05) is 37.3 Å². The van der Waals surface area contributed by atoms with Crippen LogP contribution in [0.4, 0.5) is 5.69 Å². The quantitative estimate of drug-likeness (QED) is 0.781. The number of nitrogens with zero attached hydrogens (tertiary/aromatic N) is 1. The molecule has 1 aliphatic heterocycles. The highest BCUT2D eigenvalue weighted by molar-refractivity contribution is 7.89. The first-order chi connectivity index (χ1) is 13.7. The molecule has 1 unspecified atom stereocenters. The molecule has 0 bridgehead atoms. The van der Waals surface area contributed by atoms with Crippen molar-refractivity contribution in [2.45, 2.75) is 51.2 Å². The summed E-state index contributed by atoms with van der Waals surface area (Å²) in [4.78, 5) is 13.3. The van der Waals surface area contributed by atoms with Crippen molar-refractivity contribution in [3.8, 4) is 0 Å². The summed E-state index contributed by atoms with van der Waals surface area (Å²) >= 11 is 0. The van der Waals surface area contributed by atoms with Crippen molar-refractivity contribution in [3.05, 3.63) is 58.7 Å². The van der Waals surface area contributed by atoms with Crippen LogP contribution < -0.4 is 5.32 Å². The Morgan fingerprint density at radius 3 is 2.52 bits per heavy atom. The number of aryl methyl sites for hydroxylation is 3. The molecular formula is C22H28N2O4S. The summed E-state index contributed by atoms with van der Waals surface area (Å²) in [6.45, 7) is 6.34. The molecule has 6 nitrogen and oxygen atoms in total. The van der Waals surface area contributed by atoms with E-state index < -0.39 is 16.1 Å². The van der Waals surface area contributed by atoms with Gasteiger partial charge in [0, 0.05) is 19.3 Å². The lowest BCUT2D eigenvalue weighted by atomic mass is 10.1. The van der Waals surface area contributed by atoms with Crippen LogP contribution in [0, 0.1) is 20.8 Å². The van der Waals surface area contributed by atoms with Gasteiger partial charge >= 0.3 is 0 Å². The molecule has 1 atom stereocenters. The zero-order chi connectivity index (χ0) is 21.2. The van der Waals surface area contributed by atoms with Gasteiger partial charge < -0.3 is 10.1 Å². The molecule has 2 aromatic carbocycles. The fourth-order valence-electron chi connectivity index (χ4n) is 4.11. The van der Waals surface area contributed by atoms with E-state index in [0.717, 1.165) is 11.1 Å². The molecule has 1 heterocycles. The molecule has 3 rings (SSSR count). The van der Waals surface area contributed by atoms with Crippen LogP contribution in [0.1, 0.15) is 35.1 Å². The van der Waals surface area contributed by atoms with Crippen molar-refractivity contribution >= 4 is 21.6 Å². The normalized spacial score (nSPS) is 17.4. The number of anilines is 1. The van der Waals surface area contributed by atoms with Gasteiger partial charge in [-0.1, -0.05) is 29.8 Å². The molecule has 1 amide bonds. The first-order valence-corrected chi connectivity index (χ1v) is 11.2. The Morgan fingerprint density at radius 1 is 1.17 bits per heavy atom. The fraction of sp³-hybridized carbons (Fsp3) is 0.409. The third kappa shape index (κ3) is 4.52. The number of benzene rings is 2. The standard InChI is InChI=1S/C22H28N2O4S/c1-15-11-16(2)21(17(3)12-15)29(26,27)24-10-6-9-20(24)22(25)23-19-8-5-7-18(13-19)14-28-4/h5,7-8,11-13,20H,6,9-10,14H2,1-4H3,(H,23,25). The SMILES string of the molecule is COCc1cccc(NC(=O)C2CCCN2S(=O)(=O)c2c(C)cc(C)cc2C)c1. The smallest absolute Gasteiger partial charge is 0.244 e. The number of methoxy groups -OCH3 is 1. The lowest BCUT2D eigenvalue weighted by Crippen LogP contribution is -2.43. The molecule has 0 aromatic heterocycles. The number of hydrogen-bond acceptors (Lipinski definition) is 4. The Kier molecular flexibility index (Phi) is 6.41. The lowest BCUT2D eigenvalue weighted by molar-refractivity contribution is -0.119. The topological polar surface area (TPSA) is 75.7 Å². The molecule has 156 valence electrons. The van der Waals surface area contributed by atoms with Crippen LogP contribution >= 0.6 is 0 Å². The number of rotatable bonds is 6. The second-order valence-electron chi connectivity index (χ2n) is 7.62. The van der Waals surface area contributed by atoms with Crippen molar-refractivity contribution in [3.63, 3.8) is 0 Å². The Hall–Kier alpha value is -2.22. The Bertz CT molecular complexity index is 994. The average Bonchev–Trinajstić information content (AvgIpc) is 3.12. The van der Waals surface area contributed by atoms with Crippen LogP contribution in [-0.2, 0) is 26.2 Å². The van der Waals surface area contributed by atoms with Crippen LogP contribution in [0.3, 0.4) is 0 Å². The van der Waals surface area contributed by atoms with E-state index in [0.29, 0.717) is 47.7 Å². The predicted molar refractivity (Wildman–Crippen MR) is 113 cm³/mol. The van der Waals surface area contributed by atoms with Crippen LogP contribution in [0.25, 0.3) is 0 Å². The van der Waals surface area contributed by atoms with E-state index >= 15 is 0 Å². The van der Waals surface area contributed by atoms with E-state index in [9.17, 15) is 13.2 Å². The van der Waals surface area contributed by atoms with Crippen molar-refractivity contribution < 1.29 is 17.9 Å². The van der Waals surface area contributed by atoms with Gasteiger partial charge in [-0.15, -0.1) is 0 Å². The minimum atomic E-state index is -3.77. The zero-order valence-electron chi connectivity index (χ0n) is 17.4. The molecular weight excluding hydrogens is 388 g/mol. The number of nitrogens with one attached hydrogen (secondary N) is 1. The molecule has 1 N–H and O–H groups in total. The van der Waals surface area contributed by atoms with Gasteiger partial charge in [-0.3, -0.25) is 4.79 Å². The Balaban J connectivity index is 1.86. The van der Waals surface area contributed by atoms with Gasteiger partial charge in [0.25, 0.3) is 0 Å². The summed E-state index contributed by atoms with van der Waals surface area (Å²) in [6.07, 6.45) is 1.16. The highest BCUT2D eigenvalue weighted by atomic mass is 32.2. The van der Waals surface area contributed by atoms with Crippen molar-refractivity contribution in [1.82, 2.24) is 4.31 Å². The Morgan fingerprint density at radius 2 is 1.86 bits per heavy atom. The van der Waals surface area contributed by atoms with Gasteiger partial charge in [-0.25, -0.2) is 8.42 Å². The minimum Gasteiger partial charge on any atom is -0.380 e. The summed E-state index contributed by atoms with van der Waals surface area (Å²) in [5.74, 6) is -0.303. The Labute approximate surface area is 172 Å². The van der Waals surface area contributed by atoms with Gasteiger partial charge in [0.15, 0.2) is 0 Å². The summed E-state index contributed by atoms with van der Waals surface area (Å²) < 4.78 is 33.3. The predicted octanol–water partition coefficient (Wildman–Crippen LogP) is 3.55. The van der Waals surface area contributed by atoms with Gasteiger partial charge in [0.05, 0.1) is 11.5 Å². The molecule has 0 spiro atoms. The molecule has 0 aliphatic carbocycles. The summed E-state index contributed by atoms with van der Waals surface area (Å²) in [7, 11) is -2.15. The van der Waals surface area contributed by atoms with E-state index in [1.54, 1.807) is 27.0 Å². The van der Waals surface area contributed by atoms with E-state index in [-0.39, 0.29) is 5.91 Å². The molecule has 1 aliphatic rings. The molecule has 1 saturated heterocycles. The molecule has 29 heavy (non-hydrogen) atoms. The lowest BCUT2D eigenvalue weighted by Gasteiger charge is -2.25. The first kappa shape index (κ1) is 21.5. The number of ether oxygens (including phenoxy) is 1. The van der Waals surface area contributed by atoms with Gasteiger partial charge in [-0.05, 0) is 62.4 Å². The monoisotopic (exact) mass is 416 g/mol. The van der Waals surface area contributed by atoms with Crippen LogP contribution in [0.5, 0.6) is 0 Å². The third-order valence-corrected chi connectivity index (χ3v) is 7.40. The first-order valence-electron chi connectivity index (χ1n) is 9.72. The minimum absolute atomic E-state index is 0.303. The van der Waals surface area contributed by atoms with Gasteiger partial charge in [0.2, 0.25) is 15.9 Å². The fourth-order valence-corrected chi connectivity index (χ4v) is 6.18. The number of carbonyl (C=O) groups excluding carboxylic acids is 1. The van der Waals surface area contributed by atoms with E-state index in [4.69, 9.17) is 4.74 Å². The van der Waals surface area contributed by atoms with Gasteiger partial charge in [-0.2, -0.15) is 4.31 Å². The second-order valence-corrected chi connectivity index (χ2v) is 9.45. The van der Waals surface area contributed by atoms with Crippen molar-refractivity contribution in [2.75, 3.05) is 19.0 Å². The number of sulfonamides is 1. The summed E-state index contributed by atoms with van der Waals surface area (Å²) in [5.41, 5.74) is 4.01. The van der Waals surface area contributed by atoms with E-state index in [1.165, 1.54) is 4.31 Å². The number of hydrogen-bond donors (Lipinski definition) is 1. The second kappa shape index (κ2) is 8.65. The van der Waals surface area contributed by atoms with Crippen LogP contribution in [0.15, 0.2) is 41.3 Å². The molecule has 7 heteroatoms. The van der Waals surface area contributed by atoms with Gasteiger partial charge in [0.1, 0.15) is 6.04 Å². The number of amides is 1. The maximum absolute atomic E-state index is 13.4. The largest absolute Gasteiger partial charge is 0.380 e. The van der Waals surface area contributed by atoms with E-state index in [2.05, 4.69) is 5.32 Å². The highest BCUT2D eigenvalue weighted by Crippen LogP contribution is 2.31. The average molecular weight is 417 g/mol. The summed E-state index contributed by atoms with van der Waals surface area (Å²) in [6, 6.07) is 10.4. The maximum atomic E-state index is 13.4. The molecule has 1 fully saturated rings. The van der Waals surface area contributed by atoms with Crippen molar-refractivity contribution in [2.24, 2.45) is 0 Å². The molecule has 0 radical (unpaired) electrons. The molecule has 0 saturated carbocycles. The van der Waals surface area contributed by atoms with Crippen LogP contribution in [-0.4, -0.2) is 38.3 Å². The van der Waals surface area contributed by atoms with Crippen LogP contribution in [0.2, 0.25) is 0 Å². The number of carbonyl (C=O) groups is 1. The highest BCUT2D eigenvalue weighted by Gasteiger charge is 2.40. The molecule has 2 aromatic rings. The van der Waals surface area contributed by atoms with Crippen molar-refractivity contribution in [1.29, 1.82) is 0 Å².